The lowest BCUT2D eigenvalue weighted by Gasteiger charge is -2.14. The zero-order valence-corrected chi connectivity index (χ0v) is 12.6. The van der Waals surface area contributed by atoms with Crippen molar-refractivity contribution in [3.63, 3.8) is 0 Å². The molecule has 1 N–H and O–H groups in total. The molecule has 3 rings (SSSR count). The van der Waals surface area contributed by atoms with E-state index in [1.807, 2.05) is 18.2 Å². The molecule has 0 aliphatic heterocycles. The number of aryl methyl sites for hydroxylation is 1. The van der Waals surface area contributed by atoms with Crippen LogP contribution >= 0.6 is 38.9 Å². The number of nitrogens with zero attached hydrogens (tertiary/aromatic N) is 1. The fourth-order valence-electron chi connectivity index (χ4n) is 2.15. The Morgan fingerprint density at radius 2 is 2.28 bits per heavy atom. The summed E-state index contributed by atoms with van der Waals surface area (Å²) in [7, 11) is 0. The molecular formula is C13H11BrClNOS. The van der Waals surface area contributed by atoms with Crippen molar-refractivity contribution in [2.75, 3.05) is 0 Å². The molecule has 1 aromatic carbocycles. The first-order valence-corrected chi connectivity index (χ1v) is 7.77. The third kappa shape index (κ3) is 2.23. The summed E-state index contributed by atoms with van der Waals surface area (Å²) in [4.78, 5) is 5.79. The molecular weight excluding hydrogens is 334 g/mol. The first-order valence-electron chi connectivity index (χ1n) is 5.78. The normalized spacial score (nSPS) is 18.7. The molecule has 0 amide bonds. The highest BCUT2D eigenvalue weighted by Gasteiger charge is 2.23. The van der Waals surface area contributed by atoms with Crippen molar-refractivity contribution in [1.82, 2.24) is 4.98 Å². The van der Waals surface area contributed by atoms with E-state index in [-0.39, 0.29) is 0 Å². The van der Waals surface area contributed by atoms with Gasteiger partial charge < -0.3 is 5.11 Å². The van der Waals surface area contributed by atoms with Crippen LogP contribution in [0.2, 0.25) is 5.02 Å². The van der Waals surface area contributed by atoms with Gasteiger partial charge in [-0.15, -0.1) is 11.3 Å². The molecule has 0 saturated heterocycles. The van der Waals surface area contributed by atoms with Gasteiger partial charge in [0.1, 0.15) is 5.01 Å². The smallest absolute Gasteiger partial charge is 0.124 e. The summed E-state index contributed by atoms with van der Waals surface area (Å²) in [6.07, 6.45) is 2.49. The van der Waals surface area contributed by atoms with Gasteiger partial charge in [0.05, 0.1) is 16.8 Å². The summed E-state index contributed by atoms with van der Waals surface area (Å²) >= 11 is 11.1. The maximum absolute atomic E-state index is 9.93. The molecule has 1 atom stereocenters. The summed E-state index contributed by atoms with van der Waals surface area (Å²) in [5.41, 5.74) is 1.91. The van der Waals surface area contributed by atoms with E-state index in [1.165, 1.54) is 4.88 Å². The Kier molecular flexibility index (Phi) is 3.45. The van der Waals surface area contributed by atoms with Crippen LogP contribution in [0.4, 0.5) is 0 Å². The van der Waals surface area contributed by atoms with E-state index in [0.29, 0.717) is 5.02 Å². The number of aromatic nitrogens is 1. The average molecular weight is 345 g/mol. The van der Waals surface area contributed by atoms with Crippen molar-refractivity contribution < 1.29 is 5.11 Å². The molecule has 1 unspecified atom stereocenters. The second-order valence-corrected chi connectivity index (χ2v) is 6.71. The minimum absolute atomic E-state index is 0.394. The average Bonchev–Trinajstić information content (AvgIpc) is 2.78. The van der Waals surface area contributed by atoms with Crippen LogP contribution in [-0.2, 0) is 6.42 Å². The van der Waals surface area contributed by atoms with Crippen LogP contribution in [0.3, 0.4) is 0 Å². The first kappa shape index (κ1) is 12.6. The lowest BCUT2D eigenvalue weighted by atomic mass is 10.0. The van der Waals surface area contributed by atoms with Gasteiger partial charge in [0.15, 0.2) is 0 Å². The molecule has 5 heteroatoms. The largest absolute Gasteiger partial charge is 0.387 e. The monoisotopic (exact) mass is 343 g/mol. The van der Waals surface area contributed by atoms with E-state index in [1.54, 1.807) is 11.3 Å². The molecule has 1 heterocycles. The van der Waals surface area contributed by atoms with Gasteiger partial charge in [-0.25, -0.2) is 4.98 Å². The SMILES string of the molecule is OC1CCCc2sc(-c3ccc(Cl)c(Br)c3)nc21. The topological polar surface area (TPSA) is 33.1 Å². The highest BCUT2D eigenvalue weighted by atomic mass is 79.9. The predicted octanol–water partition coefficient (Wildman–Crippen LogP) is 4.60. The van der Waals surface area contributed by atoms with Crippen molar-refractivity contribution >= 4 is 38.9 Å². The molecule has 2 aromatic rings. The summed E-state index contributed by atoms with van der Waals surface area (Å²) in [6.45, 7) is 0. The molecule has 2 nitrogen and oxygen atoms in total. The molecule has 0 saturated carbocycles. The van der Waals surface area contributed by atoms with Crippen molar-refractivity contribution in [1.29, 1.82) is 0 Å². The number of fused-ring (bicyclic) bond motifs is 1. The van der Waals surface area contributed by atoms with Crippen LogP contribution in [0.15, 0.2) is 22.7 Å². The van der Waals surface area contributed by atoms with Crippen LogP contribution in [0, 0.1) is 0 Å². The Balaban J connectivity index is 2.04. The van der Waals surface area contributed by atoms with E-state index in [9.17, 15) is 5.11 Å². The maximum atomic E-state index is 9.93. The van der Waals surface area contributed by atoms with E-state index < -0.39 is 6.10 Å². The van der Waals surface area contributed by atoms with E-state index in [2.05, 4.69) is 20.9 Å². The molecule has 1 aliphatic rings. The molecule has 18 heavy (non-hydrogen) atoms. The fourth-order valence-corrected chi connectivity index (χ4v) is 3.80. The van der Waals surface area contributed by atoms with Gasteiger partial charge in [-0.1, -0.05) is 17.7 Å². The van der Waals surface area contributed by atoms with Gasteiger partial charge >= 0.3 is 0 Å². The van der Waals surface area contributed by atoms with E-state index >= 15 is 0 Å². The zero-order chi connectivity index (χ0) is 12.7. The quantitative estimate of drug-likeness (QED) is 0.820. The number of hydrogen-bond donors (Lipinski definition) is 1. The fraction of sp³-hybridized carbons (Fsp3) is 0.308. The molecule has 1 aliphatic carbocycles. The van der Waals surface area contributed by atoms with Gasteiger partial charge in [0, 0.05) is 14.9 Å². The van der Waals surface area contributed by atoms with E-state index in [0.717, 1.165) is 40.0 Å². The highest BCUT2D eigenvalue weighted by Crippen LogP contribution is 2.38. The summed E-state index contributed by atoms with van der Waals surface area (Å²) in [6, 6.07) is 5.79. The molecule has 0 fully saturated rings. The number of rotatable bonds is 1. The van der Waals surface area contributed by atoms with Crippen molar-refractivity contribution in [2.24, 2.45) is 0 Å². The number of thiazole rings is 1. The number of aliphatic hydroxyl groups excluding tert-OH is 1. The Morgan fingerprint density at radius 3 is 3.00 bits per heavy atom. The summed E-state index contributed by atoms with van der Waals surface area (Å²) in [5.74, 6) is 0. The molecule has 1 aromatic heterocycles. The van der Waals surface area contributed by atoms with Crippen molar-refractivity contribution in [2.45, 2.75) is 25.4 Å². The Hall–Kier alpha value is -0.420. The van der Waals surface area contributed by atoms with E-state index in [4.69, 9.17) is 11.6 Å². The Labute approximate surface area is 123 Å². The van der Waals surface area contributed by atoms with Crippen molar-refractivity contribution in [3.8, 4) is 10.6 Å². The Morgan fingerprint density at radius 1 is 1.44 bits per heavy atom. The summed E-state index contributed by atoms with van der Waals surface area (Å²) in [5, 5.41) is 11.6. The van der Waals surface area contributed by atoms with Crippen LogP contribution in [0.1, 0.15) is 29.5 Å². The lowest BCUT2D eigenvalue weighted by molar-refractivity contribution is 0.153. The first-order chi connectivity index (χ1) is 8.65. The second-order valence-electron chi connectivity index (χ2n) is 4.36. The van der Waals surface area contributed by atoms with Gasteiger partial charge in [-0.2, -0.15) is 0 Å². The standard InChI is InChI=1S/C13H11BrClNOS/c14-8-6-7(4-5-9(8)15)13-16-12-10(17)2-1-3-11(12)18-13/h4-6,10,17H,1-3H2. The Bertz CT molecular complexity index is 599. The van der Waals surface area contributed by atoms with Gasteiger partial charge in [0.2, 0.25) is 0 Å². The predicted molar refractivity (Wildman–Crippen MR) is 78.2 cm³/mol. The van der Waals surface area contributed by atoms with Gasteiger partial charge in [0.25, 0.3) is 0 Å². The zero-order valence-electron chi connectivity index (χ0n) is 9.49. The summed E-state index contributed by atoms with van der Waals surface area (Å²) < 4.78 is 0.871. The minimum Gasteiger partial charge on any atom is -0.387 e. The van der Waals surface area contributed by atoms with Gasteiger partial charge in [-0.05, 0) is 47.3 Å². The number of hydrogen-bond acceptors (Lipinski definition) is 3. The number of halogens is 2. The van der Waals surface area contributed by atoms with Crippen LogP contribution in [-0.4, -0.2) is 10.1 Å². The minimum atomic E-state index is -0.394. The van der Waals surface area contributed by atoms with Crippen LogP contribution in [0.5, 0.6) is 0 Å². The second kappa shape index (κ2) is 4.93. The molecule has 0 bridgehead atoms. The van der Waals surface area contributed by atoms with Crippen molar-refractivity contribution in [3.05, 3.63) is 38.3 Å². The third-order valence-corrected chi connectivity index (χ3v) is 5.49. The van der Waals surface area contributed by atoms with Gasteiger partial charge in [-0.3, -0.25) is 0 Å². The molecule has 94 valence electrons. The highest BCUT2D eigenvalue weighted by molar-refractivity contribution is 9.10. The van der Waals surface area contributed by atoms with Crippen LogP contribution in [0.25, 0.3) is 10.6 Å². The molecule has 0 radical (unpaired) electrons. The third-order valence-electron chi connectivity index (χ3n) is 3.09. The maximum Gasteiger partial charge on any atom is 0.124 e. The number of benzene rings is 1. The number of aliphatic hydroxyl groups is 1. The lowest BCUT2D eigenvalue weighted by Crippen LogP contribution is -2.07. The van der Waals surface area contributed by atoms with Crippen LogP contribution < -0.4 is 0 Å². The molecule has 0 spiro atoms.